The average molecular weight is 606 g/mol. The summed E-state index contributed by atoms with van der Waals surface area (Å²) in [4.78, 5) is 38.4. The zero-order valence-corrected chi connectivity index (χ0v) is 26.0. The minimum Gasteiger partial charge on any atom is -0.494 e. The molecule has 2 aromatic carbocycles. The SMILES string of the molecule is COc1cc(C(=O)N2CCC[C@@H](N)C2)cc2nc(-c3cc4ccc([C@@H](C)NC(=O)c5ccccc5)nc4n3CC3CC3)n(C)c12. The van der Waals surface area contributed by atoms with Gasteiger partial charge in [0, 0.05) is 49.2 Å². The summed E-state index contributed by atoms with van der Waals surface area (Å²) in [5, 5.41) is 4.10. The molecule has 1 saturated carbocycles. The van der Waals surface area contributed by atoms with Crippen molar-refractivity contribution in [2.24, 2.45) is 18.7 Å². The molecular weight excluding hydrogens is 566 g/mol. The fourth-order valence-electron chi connectivity index (χ4n) is 6.45. The van der Waals surface area contributed by atoms with Gasteiger partial charge in [-0.25, -0.2) is 9.97 Å². The number of piperidine rings is 1. The normalized spacial score (nSPS) is 17.5. The second-order valence-electron chi connectivity index (χ2n) is 12.5. The number of amides is 2. The lowest BCUT2D eigenvalue weighted by molar-refractivity contribution is 0.0708. The largest absolute Gasteiger partial charge is 0.494 e. The Morgan fingerprint density at radius 2 is 1.84 bits per heavy atom. The Bertz CT molecular complexity index is 1910. The van der Waals surface area contributed by atoms with Crippen LogP contribution in [-0.2, 0) is 13.6 Å². The summed E-state index contributed by atoms with van der Waals surface area (Å²) in [5.41, 5.74) is 11.5. The van der Waals surface area contributed by atoms with Gasteiger partial charge < -0.3 is 29.8 Å². The van der Waals surface area contributed by atoms with Crippen molar-refractivity contribution >= 4 is 33.9 Å². The van der Waals surface area contributed by atoms with Gasteiger partial charge in [0.05, 0.1) is 30.1 Å². The summed E-state index contributed by atoms with van der Waals surface area (Å²) in [5.74, 6) is 1.79. The van der Waals surface area contributed by atoms with Crippen LogP contribution in [-0.4, -0.2) is 62.1 Å². The van der Waals surface area contributed by atoms with Gasteiger partial charge in [-0.1, -0.05) is 18.2 Å². The van der Waals surface area contributed by atoms with E-state index in [0.717, 1.165) is 53.1 Å². The number of hydrogen-bond donors (Lipinski definition) is 2. The first kappa shape index (κ1) is 29.0. The number of hydrogen-bond acceptors (Lipinski definition) is 6. The molecule has 10 heteroatoms. The molecule has 2 atom stereocenters. The fourth-order valence-corrected chi connectivity index (χ4v) is 6.45. The zero-order valence-electron chi connectivity index (χ0n) is 26.0. The molecule has 45 heavy (non-hydrogen) atoms. The van der Waals surface area contributed by atoms with Crippen molar-refractivity contribution in [3.05, 3.63) is 77.5 Å². The van der Waals surface area contributed by atoms with Crippen molar-refractivity contribution < 1.29 is 14.3 Å². The van der Waals surface area contributed by atoms with Gasteiger partial charge in [0.25, 0.3) is 11.8 Å². The smallest absolute Gasteiger partial charge is 0.254 e. The third-order valence-corrected chi connectivity index (χ3v) is 9.11. The molecule has 2 fully saturated rings. The number of imidazole rings is 1. The van der Waals surface area contributed by atoms with E-state index in [1.165, 1.54) is 12.8 Å². The van der Waals surface area contributed by atoms with E-state index < -0.39 is 0 Å². The standard InChI is InChI=1S/C35H39N7O3/c1-21(37-34(43)23-8-5-4-6-9-23)27-14-13-24-17-29(42(32(24)38-27)19-22-11-12-22)33-39-28-16-25(18-30(45-3)31(28)40(33)2)35(44)41-15-7-10-26(36)20-41/h4-6,8-9,13-14,16-18,21-22,26H,7,10-12,15,19-20,36H2,1-3H3,(H,37,43)/t21-,26-/m1/s1. The number of pyridine rings is 1. The van der Waals surface area contributed by atoms with E-state index in [4.69, 9.17) is 20.4 Å². The lowest BCUT2D eigenvalue weighted by Crippen LogP contribution is -2.45. The van der Waals surface area contributed by atoms with E-state index in [1.54, 1.807) is 19.2 Å². The lowest BCUT2D eigenvalue weighted by atomic mass is 10.0. The highest BCUT2D eigenvalue weighted by Crippen LogP contribution is 2.38. The number of ether oxygens (including phenoxy) is 1. The Kier molecular flexibility index (Phi) is 7.53. The van der Waals surface area contributed by atoms with Crippen molar-refractivity contribution in [2.45, 2.75) is 51.2 Å². The molecule has 0 bridgehead atoms. The van der Waals surface area contributed by atoms with Crippen molar-refractivity contribution in [1.82, 2.24) is 29.3 Å². The lowest BCUT2D eigenvalue weighted by Gasteiger charge is -2.30. The number of nitrogens with zero attached hydrogens (tertiary/aromatic N) is 5. The molecular formula is C35H39N7O3. The summed E-state index contributed by atoms with van der Waals surface area (Å²) in [6, 6.07) is 18.8. The van der Waals surface area contributed by atoms with Gasteiger partial charge in [-0.3, -0.25) is 9.59 Å². The fraction of sp³-hybridized carbons (Fsp3) is 0.371. The first-order chi connectivity index (χ1) is 21.8. The number of carbonyl (C=O) groups excluding carboxylic acids is 2. The maximum atomic E-state index is 13.5. The molecule has 1 saturated heterocycles. The quantitative estimate of drug-likeness (QED) is 0.255. The van der Waals surface area contributed by atoms with Crippen LogP contribution >= 0.6 is 0 Å². The van der Waals surface area contributed by atoms with Gasteiger partial charge in [0.15, 0.2) is 5.82 Å². The number of likely N-dealkylation sites (tertiary alicyclic amines) is 1. The Morgan fingerprint density at radius 1 is 1.04 bits per heavy atom. The molecule has 1 aliphatic heterocycles. The van der Waals surface area contributed by atoms with Crippen molar-refractivity contribution in [3.8, 4) is 17.3 Å². The number of aromatic nitrogens is 4. The van der Waals surface area contributed by atoms with Crippen molar-refractivity contribution in [1.29, 1.82) is 0 Å². The molecule has 3 N–H and O–H groups in total. The number of nitrogens with one attached hydrogen (secondary N) is 1. The highest BCUT2D eigenvalue weighted by molar-refractivity contribution is 6.00. The van der Waals surface area contributed by atoms with Gasteiger partial charge in [-0.2, -0.15) is 0 Å². The molecule has 0 spiro atoms. The van der Waals surface area contributed by atoms with Gasteiger partial charge in [0.2, 0.25) is 0 Å². The van der Waals surface area contributed by atoms with Crippen LogP contribution in [0.1, 0.15) is 65.1 Å². The molecule has 2 amide bonds. The van der Waals surface area contributed by atoms with Crippen molar-refractivity contribution in [3.63, 3.8) is 0 Å². The monoisotopic (exact) mass is 605 g/mol. The van der Waals surface area contributed by atoms with E-state index in [9.17, 15) is 9.59 Å². The van der Waals surface area contributed by atoms with Crippen LogP contribution in [0.3, 0.4) is 0 Å². The number of methoxy groups -OCH3 is 1. The zero-order chi connectivity index (χ0) is 31.2. The molecule has 2 aliphatic rings. The van der Waals surface area contributed by atoms with Gasteiger partial charge in [0.1, 0.15) is 16.9 Å². The number of aryl methyl sites for hydroxylation is 1. The van der Waals surface area contributed by atoms with Crippen molar-refractivity contribution in [2.75, 3.05) is 20.2 Å². The van der Waals surface area contributed by atoms with Crippen LogP contribution < -0.4 is 15.8 Å². The van der Waals surface area contributed by atoms with E-state index in [-0.39, 0.29) is 23.9 Å². The van der Waals surface area contributed by atoms with E-state index in [1.807, 2.05) is 59.8 Å². The predicted molar refractivity (Wildman–Crippen MR) is 174 cm³/mol. The molecule has 232 valence electrons. The minimum absolute atomic E-state index is 0.000380. The van der Waals surface area contributed by atoms with Crippen LogP contribution in [0.25, 0.3) is 33.6 Å². The van der Waals surface area contributed by atoms with E-state index >= 15 is 0 Å². The average Bonchev–Trinajstić information content (AvgIpc) is 3.73. The topological polar surface area (TPSA) is 120 Å². The molecule has 0 radical (unpaired) electrons. The van der Waals surface area contributed by atoms with Gasteiger partial charge in [-0.05, 0) is 81.0 Å². The summed E-state index contributed by atoms with van der Waals surface area (Å²) >= 11 is 0. The third kappa shape index (κ3) is 5.55. The number of benzene rings is 2. The van der Waals surface area contributed by atoms with Crippen LogP contribution in [0.15, 0.2) is 60.7 Å². The number of fused-ring (bicyclic) bond motifs is 2. The Balaban J connectivity index is 1.27. The van der Waals surface area contributed by atoms with Crippen LogP contribution in [0, 0.1) is 5.92 Å². The third-order valence-electron chi connectivity index (χ3n) is 9.11. The van der Waals surface area contributed by atoms with Gasteiger partial charge in [-0.15, -0.1) is 0 Å². The van der Waals surface area contributed by atoms with Gasteiger partial charge >= 0.3 is 0 Å². The maximum Gasteiger partial charge on any atom is 0.254 e. The summed E-state index contributed by atoms with van der Waals surface area (Å²) in [7, 11) is 3.61. The van der Waals surface area contributed by atoms with E-state index in [2.05, 4.69) is 22.0 Å². The summed E-state index contributed by atoms with van der Waals surface area (Å²) in [6.07, 6.45) is 4.20. The summed E-state index contributed by atoms with van der Waals surface area (Å²) < 4.78 is 10.1. The van der Waals surface area contributed by atoms with Crippen LogP contribution in [0.5, 0.6) is 5.75 Å². The Labute approximate surface area is 262 Å². The highest BCUT2D eigenvalue weighted by atomic mass is 16.5. The molecule has 4 heterocycles. The molecule has 10 nitrogen and oxygen atoms in total. The molecule has 0 unspecified atom stereocenters. The number of carbonyl (C=O) groups is 2. The molecule has 5 aromatic rings. The Morgan fingerprint density at radius 3 is 2.58 bits per heavy atom. The molecule has 7 rings (SSSR count). The number of nitrogens with two attached hydrogens (primary N) is 1. The maximum absolute atomic E-state index is 13.5. The second kappa shape index (κ2) is 11.7. The Hall–Kier alpha value is -4.70. The van der Waals surface area contributed by atoms with Crippen LogP contribution in [0.2, 0.25) is 0 Å². The summed E-state index contributed by atoms with van der Waals surface area (Å²) in [6.45, 7) is 4.04. The molecule has 3 aromatic heterocycles. The highest BCUT2D eigenvalue weighted by Gasteiger charge is 2.28. The predicted octanol–water partition coefficient (Wildman–Crippen LogP) is 5.06. The number of rotatable bonds is 8. The second-order valence-corrected chi connectivity index (χ2v) is 12.5. The molecule has 1 aliphatic carbocycles. The first-order valence-corrected chi connectivity index (χ1v) is 15.8. The van der Waals surface area contributed by atoms with E-state index in [0.29, 0.717) is 41.4 Å². The van der Waals surface area contributed by atoms with Crippen LogP contribution in [0.4, 0.5) is 0 Å². The first-order valence-electron chi connectivity index (χ1n) is 15.8. The minimum atomic E-state index is -0.278.